The molecule has 1 fully saturated rings. The van der Waals surface area contributed by atoms with Crippen molar-refractivity contribution in [2.45, 2.75) is 45.8 Å². The highest BCUT2D eigenvalue weighted by molar-refractivity contribution is 5.75. The van der Waals surface area contributed by atoms with Crippen molar-refractivity contribution in [2.24, 2.45) is 23.2 Å². The monoisotopic (exact) mass is 356 g/mol. The van der Waals surface area contributed by atoms with E-state index in [1.807, 2.05) is 19.1 Å². The largest absolute Gasteiger partial charge is 0.481 e. The van der Waals surface area contributed by atoms with E-state index in [9.17, 15) is 19.8 Å². The number of aliphatic hydroxyl groups excluding tert-OH is 1. The van der Waals surface area contributed by atoms with Gasteiger partial charge in [-0.3, -0.25) is 9.59 Å². The molecule has 0 spiro atoms. The first-order valence-corrected chi connectivity index (χ1v) is 8.72. The molecule has 5 atom stereocenters. The van der Waals surface area contributed by atoms with Crippen LogP contribution < -0.4 is 0 Å². The van der Waals surface area contributed by atoms with Gasteiger partial charge in [0.15, 0.2) is 0 Å². The Morgan fingerprint density at radius 2 is 1.92 bits per heavy atom. The fourth-order valence-electron chi connectivity index (χ4n) is 3.20. The van der Waals surface area contributed by atoms with Gasteiger partial charge < -0.3 is 24.4 Å². The molecule has 5 unspecified atom stereocenters. The van der Waals surface area contributed by atoms with Crippen molar-refractivity contribution in [3.8, 4) is 0 Å². The minimum atomic E-state index is -0.949. The zero-order valence-corrected chi connectivity index (χ0v) is 15.0. The fourth-order valence-corrected chi connectivity index (χ4v) is 3.20. The van der Waals surface area contributed by atoms with Crippen LogP contribution in [-0.2, 0) is 23.8 Å². The van der Waals surface area contributed by atoms with Crippen LogP contribution >= 0.6 is 0 Å². The van der Waals surface area contributed by atoms with E-state index in [1.54, 1.807) is 13.8 Å². The highest BCUT2D eigenvalue weighted by Crippen LogP contribution is 2.45. The molecule has 2 N–H and O–H groups in total. The van der Waals surface area contributed by atoms with Crippen LogP contribution in [0.5, 0.6) is 0 Å². The summed E-state index contributed by atoms with van der Waals surface area (Å²) in [4.78, 5) is 23.2. The molecule has 0 heterocycles. The number of rotatable bonds is 10. The Kier molecular flexibility index (Phi) is 6.59. The van der Waals surface area contributed by atoms with E-state index in [0.29, 0.717) is 6.42 Å². The number of aliphatic hydroxyl groups is 1. The van der Waals surface area contributed by atoms with Crippen molar-refractivity contribution >= 4 is 11.9 Å². The first-order chi connectivity index (χ1) is 11.8. The summed E-state index contributed by atoms with van der Waals surface area (Å²) in [5.74, 6) is -1.62. The summed E-state index contributed by atoms with van der Waals surface area (Å²) in [6.45, 7) is 5.18. The minimum Gasteiger partial charge on any atom is -0.481 e. The molecule has 1 saturated carbocycles. The molecule has 2 rings (SSSR count). The average molecular weight is 356 g/mol. The predicted molar refractivity (Wildman–Crippen MR) is 88.6 cm³/mol. The minimum absolute atomic E-state index is 0.0272. The van der Waals surface area contributed by atoms with Crippen LogP contribution in [0.1, 0.15) is 33.6 Å². The topological polar surface area (TPSA) is 102 Å². The van der Waals surface area contributed by atoms with Gasteiger partial charge in [-0.25, -0.2) is 0 Å². The van der Waals surface area contributed by atoms with Crippen LogP contribution in [0.2, 0.25) is 0 Å². The maximum Gasteiger partial charge on any atom is 0.311 e. The third-order valence-corrected chi connectivity index (χ3v) is 5.17. The molecule has 0 aliphatic heterocycles. The summed E-state index contributed by atoms with van der Waals surface area (Å²) in [7, 11) is 0. The Hall–Kier alpha value is -1.44. The van der Waals surface area contributed by atoms with E-state index in [2.05, 4.69) is 0 Å². The van der Waals surface area contributed by atoms with Gasteiger partial charge in [-0.15, -0.1) is 0 Å². The third-order valence-electron chi connectivity index (χ3n) is 5.17. The SMILES string of the molecule is CCC(C)(C)C(=O)OCC(O)COCOC1C2C=CC(C2)C1C(=O)O. The summed E-state index contributed by atoms with van der Waals surface area (Å²) in [6.07, 6.45) is 4.05. The number of ether oxygens (including phenoxy) is 3. The zero-order chi connectivity index (χ0) is 18.6. The Morgan fingerprint density at radius 3 is 2.56 bits per heavy atom. The molecule has 0 radical (unpaired) electrons. The smallest absolute Gasteiger partial charge is 0.311 e. The first kappa shape index (κ1) is 19.9. The average Bonchev–Trinajstić information content (AvgIpc) is 3.17. The molecule has 142 valence electrons. The Labute approximate surface area is 147 Å². The standard InChI is InChI=1S/C18H28O7/c1-4-18(2,3)17(22)24-9-13(19)8-23-10-25-15-12-6-5-11(7-12)14(15)16(20)21/h5-6,11-15,19H,4,7-10H2,1-3H3,(H,20,21). The number of carbonyl (C=O) groups is 2. The number of esters is 1. The third kappa shape index (κ3) is 4.80. The van der Waals surface area contributed by atoms with Crippen LogP contribution in [-0.4, -0.2) is 54.4 Å². The first-order valence-electron chi connectivity index (χ1n) is 8.72. The summed E-state index contributed by atoms with van der Waals surface area (Å²) < 4.78 is 15.9. The Morgan fingerprint density at radius 1 is 1.24 bits per heavy atom. The lowest BCUT2D eigenvalue weighted by Gasteiger charge is -2.25. The van der Waals surface area contributed by atoms with E-state index in [-0.39, 0.29) is 37.8 Å². The van der Waals surface area contributed by atoms with E-state index in [4.69, 9.17) is 14.2 Å². The molecule has 7 heteroatoms. The Balaban J connectivity index is 1.65. The second-order valence-electron chi connectivity index (χ2n) is 7.42. The van der Waals surface area contributed by atoms with Gasteiger partial charge in [-0.1, -0.05) is 19.1 Å². The number of fused-ring (bicyclic) bond motifs is 2. The maximum absolute atomic E-state index is 11.8. The number of carboxylic acid groups (broad SMARTS) is 1. The second-order valence-corrected chi connectivity index (χ2v) is 7.42. The van der Waals surface area contributed by atoms with E-state index >= 15 is 0 Å². The lowest BCUT2D eigenvalue weighted by atomic mass is 9.91. The number of aliphatic carboxylic acids is 1. The van der Waals surface area contributed by atoms with Gasteiger partial charge in [0.1, 0.15) is 19.5 Å². The van der Waals surface area contributed by atoms with Crippen molar-refractivity contribution < 1.29 is 34.0 Å². The molecule has 2 aliphatic carbocycles. The van der Waals surface area contributed by atoms with Crippen LogP contribution in [0.15, 0.2) is 12.2 Å². The molecular weight excluding hydrogens is 328 g/mol. The number of hydrogen-bond donors (Lipinski definition) is 2. The number of hydrogen-bond acceptors (Lipinski definition) is 6. The quantitative estimate of drug-likeness (QED) is 0.265. The van der Waals surface area contributed by atoms with Gasteiger partial charge in [0.05, 0.1) is 24.0 Å². The molecule has 2 aliphatic rings. The molecule has 0 saturated heterocycles. The molecular formula is C18H28O7. The highest BCUT2D eigenvalue weighted by atomic mass is 16.7. The van der Waals surface area contributed by atoms with Gasteiger partial charge >= 0.3 is 11.9 Å². The molecule has 25 heavy (non-hydrogen) atoms. The number of carbonyl (C=O) groups excluding carboxylic acids is 1. The van der Waals surface area contributed by atoms with Crippen molar-refractivity contribution in [1.29, 1.82) is 0 Å². The van der Waals surface area contributed by atoms with Gasteiger partial charge in [0, 0.05) is 5.92 Å². The lowest BCUT2D eigenvalue weighted by molar-refractivity contribution is -0.164. The summed E-state index contributed by atoms with van der Waals surface area (Å²) in [5, 5.41) is 19.1. The van der Waals surface area contributed by atoms with Crippen molar-refractivity contribution in [1.82, 2.24) is 0 Å². The lowest BCUT2D eigenvalue weighted by Crippen LogP contribution is -2.35. The van der Waals surface area contributed by atoms with Crippen LogP contribution in [0, 0.1) is 23.2 Å². The van der Waals surface area contributed by atoms with Crippen LogP contribution in [0.4, 0.5) is 0 Å². The molecule has 0 aromatic carbocycles. The molecule has 0 aromatic heterocycles. The summed E-state index contributed by atoms with van der Waals surface area (Å²) >= 11 is 0. The van der Waals surface area contributed by atoms with Gasteiger partial charge in [0.2, 0.25) is 0 Å². The fraction of sp³-hybridized carbons (Fsp3) is 0.778. The number of allylic oxidation sites excluding steroid dienone is 1. The highest BCUT2D eigenvalue weighted by Gasteiger charge is 2.49. The van der Waals surface area contributed by atoms with Crippen molar-refractivity contribution in [3.05, 3.63) is 12.2 Å². The summed E-state index contributed by atoms with van der Waals surface area (Å²) in [5.41, 5.74) is -0.579. The predicted octanol–water partition coefficient (Wildman–Crippen LogP) is 1.59. The van der Waals surface area contributed by atoms with E-state index in [0.717, 1.165) is 6.42 Å². The zero-order valence-electron chi connectivity index (χ0n) is 15.0. The molecule has 0 amide bonds. The molecule has 7 nitrogen and oxygen atoms in total. The van der Waals surface area contributed by atoms with Crippen LogP contribution in [0.3, 0.4) is 0 Å². The van der Waals surface area contributed by atoms with E-state index in [1.165, 1.54) is 0 Å². The number of carboxylic acids is 1. The summed E-state index contributed by atoms with van der Waals surface area (Å²) in [6, 6.07) is 0. The Bertz CT molecular complexity index is 514. The second kappa shape index (κ2) is 8.29. The van der Waals surface area contributed by atoms with Crippen molar-refractivity contribution in [2.75, 3.05) is 20.0 Å². The van der Waals surface area contributed by atoms with Gasteiger partial charge in [0.25, 0.3) is 0 Å². The normalized spacial score (nSPS) is 29.0. The maximum atomic E-state index is 11.8. The van der Waals surface area contributed by atoms with E-state index < -0.39 is 29.5 Å². The van der Waals surface area contributed by atoms with Gasteiger partial charge in [-0.2, -0.15) is 0 Å². The van der Waals surface area contributed by atoms with Crippen molar-refractivity contribution in [3.63, 3.8) is 0 Å². The molecule has 2 bridgehead atoms. The van der Waals surface area contributed by atoms with Gasteiger partial charge in [-0.05, 0) is 32.6 Å². The van der Waals surface area contributed by atoms with Crippen LogP contribution in [0.25, 0.3) is 0 Å². The molecule has 0 aromatic rings.